The van der Waals surface area contributed by atoms with E-state index in [4.69, 9.17) is 9.47 Å². The largest absolute Gasteiger partial charge is 0.492 e. The van der Waals surface area contributed by atoms with Gasteiger partial charge in [-0.15, -0.1) is 0 Å². The summed E-state index contributed by atoms with van der Waals surface area (Å²) in [5.74, 6) is 0.814. The second kappa shape index (κ2) is 6.85. The third-order valence-corrected chi connectivity index (χ3v) is 4.15. The quantitative estimate of drug-likeness (QED) is 0.853. The highest BCUT2D eigenvalue weighted by molar-refractivity contribution is 5.93. The molecule has 0 bridgehead atoms. The van der Waals surface area contributed by atoms with Gasteiger partial charge in [-0.3, -0.25) is 9.47 Å². The first-order valence-electron chi connectivity index (χ1n) is 8.63. The molecule has 1 saturated heterocycles. The molecule has 0 N–H and O–H groups in total. The topological polar surface area (TPSA) is 43.7 Å². The fourth-order valence-electron chi connectivity index (χ4n) is 3.03. The highest BCUT2D eigenvalue weighted by atomic mass is 16.6. The van der Waals surface area contributed by atoms with Crippen LogP contribution in [-0.2, 0) is 4.74 Å². The lowest BCUT2D eigenvalue weighted by Gasteiger charge is -2.19. The molecule has 130 valence electrons. The van der Waals surface area contributed by atoms with Crippen molar-refractivity contribution in [2.45, 2.75) is 39.2 Å². The minimum absolute atomic E-state index is 0.369. The molecule has 1 aliphatic rings. The summed E-state index contributed by atoms with van der Waals surface area (Å²) in [6, 6.07) is 7.68. The molecule has 0 saturated carbocycles. The van der Waals surface area contributed by atoms with E-state index >= 15 is 0 Å². The van der Waals surface area contributed by atoms with Crippen LogP contribution in [0.3, 0.4) is 0 Å². The first-order chi connectivity index (χ1) is 11.4. The van der Waals surface area contributed by atoms with Crippen molar-refractivity contribution in [2.75, 3.05) is 26.2 Å². The molecule has 0 atom stereocenters. The van der Waals surface area contributed by atoms with Gasteiger partial charge < -0.3 is 9.47 Å². The number of carbonyl (C=O) groups is 1. The summed E-state index contributed by atoms with van der Waals surface area (Å²) >= 11 is 0. The van der Waals surface area contributed by atoms with E-state index in [0.717, 1.165) is 23.2 Å². The van der Waals surface area contributed by atoms with Gasteiger partial charge in [-0.05, 0) is 64.9 Å². The van der Waals surface area contributed by atoms with E-state index in [-0.39, 0.29) is 6.09 Å². The predicted molar refractivity (Wildman–Crippen MR) is 94.7 cm³/mol. The summed E-state index contributed by atoms with van der Waals surface area (Å²) in [4.78, 5) is 14.8. The van der Waals surface area contributed by atoms with E-state index in [9.17, 15) is 4.79 Å². The van der Waals surface area contributed by atoms with E-state index < -0.39 is 5.60 Å². The number of nitrogens with zero attached hydrogens (tertiary/aromatic N) is 2. The highest BCUT2D eigenvalue weighted by Gasteiger charge is 2.20. The van der Waals surface area contributed by atoms with Crippen LogP contribution < -0.4 is 4.74 Å². The Labute approximate surface area is 143 Å². The first kappa shape index (κ1) is 16.8. The molecule has 2 heterocycles. The molecule has 2 aromatic rings. The van der Waals surface area contributed by atoms with Gasteiger partial charge in [0.1, 0.15) is 18.0 Å². The maximum atomic E-state index is 12.3. The van der Waals surface area contributed by atoms with Crippen LogP contribution in [0.2, 0.25) is 0 Å². The minimum Gasteiger partial charge on any atom is -0.492 e. The monoisotopic (exact) mass is 330 g/mol. The van der Waals surface area contributed by atoms with E-state index in [1.54, 1.807) is 6.20 Å². The van der Waals surface area contributed by atoms with Crippen LogP contribution in [0.15, 0.2) is 30.5 Å². The summed E-state index contributed by atoms with van der Waals surface area (Å²) in [5.41, 5.74) is 0.292. The van der Waals surface area contributed by atoms with Gasteiger partial charge in [0, 0.05) is 18.1 Å². The number of hydrogen-bond donors (Lipinski definition) is 0. The van der Waals surface area contributed by atoms with Crippen LogP contribution in [0.25, 0.3) is 10.9 Å². The molecule has 1 aromatic heterocycles. The Balaban J connectivity index is 1.72. The van der Waals surface area contributed by atoms with Gasteiger partial charge in [0.25, 0.3) is 0 Å². The Morgan fingerprint density at radius 3 is 2.62 bits per heavy atom. The number of rotatable bonds is 4. The second-order valence-electron chi connectivity index (χ2n) is 7.25. The maximum Gasteiger partial charge on any atom is 0.418 e. The summed E-state index contributed by atoms with van der Waals surface area (Å²) in [5, 5.41) is 0.935. The SMILES string of the molecule is CC(C)(C)OC(=O)n1ccc2c(OCCN3CCCC3)cccc21. The lowest BCUT2D eigenvalue weighted by molar-refractivity contribution is 0.0544. The van der Waals surface area contributed by atoms with Crippen LogP contribution in [-0.4, -0.2) is 47.4 Å². The number of hydrogen-bond acceptors (Lipinski definition) is 4. The van der Waals surface area contributed by atoms with Crippen molar-refractivity contribution in [2.24, 2.45) is 0 Å². The van der Waals surface area contributed by atoms with Gasteiger partial charge >= 0.3 is 6.09 Å². The maximum absolute atomic E-state index is 12.3. The summed E-state index contributed by atoms with van der Waals surface area (Å²) < 4.78 is 13.0. The van der Waals surface area contributed by atoms with Gasteiger partial charge in [-0.1, -0.05) is 6.07 Å². The lowest BCUT2D eigenvalue weighted by atomic mass is 10.2. The van der Waals surface area contributed by atoms with Crippen molar-refractivity contribution < 1.29 is 14.3 Å². The molecule has 1 aromatic carbocycles. The summed E-state index contributed by atoms with van der Waals surface area (Å²) in [7, 11) is 0. The summed E-state index contributed by atoms with van der Waals surface area (Å²) in [6.07, 6.45) is 3.95. The van der Waals surface area contributed by atoms with Gasteiger partial charge in [0.05, 0.1) is 5.52 Å². The first-order valence-corrected chi connectivity index (χ1v) is 8.63. The van der Waals surface area contributed by atoms with E-state index in [1.165, 1.54) is 30.5 Å². The number of benzene rings is 1. The molecule has 3 rings (SSSR count). The molecular weight excluding hydrogens is 304 g/mol. The fourth-order valence-corrected chi connectivity index (χ4v) is 3.03. The smallest absolute Gasteiger partial charge is 0.418 e. The lowest BCUT2D eigenvalue weighted by Crippen LogP contribution is -2.26. The number of likely N-dealkylation sites (tertiary alicyclic amines) is 1. The van der Waals surface area contributed by atoms with Crippen molar-refractivity contribution in [1.82, 2.24) is 9.47 Å². The van der Waals surface area contributed by atoms with Gasteiger partial charge in [-0.2, -0.15) is 0 Å². The average Bonchev–Trinajstić information content (AvgIpc) is 3.14. The van der Waals surface area contributed by atoms with Crippen LogP contribution >= 0.6 is 0 Å². The van der Waals surface area contributed by atoms with E-state index in [0.29, 0.717) is 6.61 Å². The van der Waals surface area contributed by atoms with Crippen molar-refractivity contribution in [3.8, 4) is 5.75 Å². The molecular formula is C19H26N2O3. The van der Waals surface area contributed by atoms with Gasteiger partial charge in [0.15, 0.2) is 0 Å². The van der Waals surface area contributed by atoms with Crippen molar-refractivity contribution in [3.05, 3.63) is 30.5 Å². The molecule has 0 unspecified atom stereocenters. The third-order valence-electron chi connectivity index (χ3n) is 4.15. The Kier molecular flexibility index (Phi) is 4.81. The van der Waals surface area contributed by atoms with Crippen molar-refractivity contribution in [3.63, 3.8) is 0 Å². The zero-order valence-electron chi connectivity index (χ0n) is 14.7. The number of aromatic nitrogens is 1. The standard InChI is InChI=1S/C19H26N2O3/c1-19(2,3)24-18(22)21-12-9-15-16(21)7-6-8-17(15)23-14-13-20-10-4-5-11-20/h6-9,12H,4-5,10-11,13-14H2,1-3H3. The molecule has 5 nitrogen and oxygen atoms in total. The second-order valence-corrected chi connectivity index (χ2v) is 7.25. The summed E-state index contributed by atoms with van der Waals surface area (Å²) in [6.45, 7) is 9.54. The van der Waals surface area contributed by atoms with Crippen LogP contribution in [0, 0.1) is 0 Å². The van der Waals surface area contributed by atoms with Crippen LogP contribution in [0.5, 0.6) is 5.75 Å². The molecule has 0 amide bonds. The van der Waals surface area contributed by atoms with Crippen molar-refractivity contribution in [1.29, 1.82) is 0 Å². The Hall–Kier alpha value is -2.01. The van der Waals surface area contributed by atoms with E-state index in [1.807, 2.05) is 45.0 Å². The molecule has 0 spiro atoms. The highest BCUT2D eigenvalue weighted by Crippen LogP contribution is 2.27. The zero-order valence-corrected chi connectivity index (χ0v) is 14.7. The van der Waals surface area contributed by atoms with Crippen LogP contribution in [0.4, 0.5) is 4.79 Å². The molecule has 24 heavy (non-hydrogen) atoms. The molecule has 5 heteroatoms. The van der Waals surface area contributed by atoms with Crippen molar-refractivity contribution >= 4 is 17.0 Å². The Bertz CT molecular complexity index is 709. The molecule has 0 aliphatic carbocycles. The minimum atomic E-state index is -0.516. The number of carbonyl (C=O) groups excluding carboxylic acids is 1. The predicted octanol–water partition coefficient (Wildman–Crippen LogP) is 3.90. The third kappa shape index (κ3) is 3.90. The van der Waals surface area contributed by atoms with E-state index in [2.05, 4.69) is 4.90 Å². The zero-order chi connectivity index (χ0) is 17.2. The normalized spacial score (nSPS) is 15.8. The van der Waals surface area contributed by atoms with Gasteiger partial charge in [0.2, 0.25) is 0 Å². The Morgan fingerprint density at radius 2 is 1.92 bits per heavy atom. The Morgan fingerprint density at radius 1 is 1.17 bits per heavy atom. The molecule has 1 aliphatic heterocycles. The number of ether oxygens (including phenoxy) is 2. The fraction of sp³-hybridized carbons (Fsp3) is 0.526. The van der Waals surface area contributed by atoms with Crippen LogP contribution in [0.1, 0.15) is 33.6 Å². The molecule has 1 fully saturated rings. The van der Waals surface area contributed by atoms with Gasteiger partial charge in [-0.25, -0.2) is 4.79 Å². The number of fused-ring (bicyclic) bond motifs is 1. The average molecular weight is 330 g/mol. The molecule has 0 radical (unpaired) electrons.